The van der Waals surface area contributed by atoms with Crippen molar-refractivity contribution in [3.8, 4) is 0 Å². The summed E-state index contributed by atoms with van der Waals surface area (Å²) in [4.78, 5) is 16.2. The molecule has 0 saturated carbocycles. The number of aromatic nitrogens is 1. The number of piperazine rings is 1. The van der Waals surface area contributed by atoms with Gasteiger partial charge in [0.2, 0.25) is 0 Å². The van der Waals surface area contributed by atoms with Crippen molar-refractivity contribution in [1.29, 1.82) is 0 Å². The fourth-order valence-electron chi connectivity index (χ4n) is 4.24. The van der Waals surface area contributed by atoms with Crippen molar-refractivity contribution in [2.45, 2.75) is 19.6 Å². The molecule has 1 N–H and O–H groups in total. The minimum absolute atomic E-state index is 0. The monoisotopic (exact) mass is 550 g/mol. The Labute approximate surface area is 208 Å². The molecule has 2 aliphatic heterocycles. The molecule has 7 nitrogen and oxygen atoms in total. The van der Waals surface area contributed by atoms with Gasteiger partial charge in [0.1, 0.15) is 11.9 Å². The van der Waals surface area contributed by atoms with Crippen LogP contribution in [-0.2, 0) is 11.3 Å². The number of hydrogen-bond donors (Lipinski definition) is 1. The molecule has 0 bridgehead atoms. The number of nitrogens with one attached hydrogen (secondary N) is 1. The first-order chi connectivity index (χ1) is 15.1. The molecule has 0 spiro atoms. The molecule has 3 heterocycles. The number of guanidine groups is 1. The highest BCUT2D eigenvalue weighted by Crippen LogP contribution is 2.25. The van der Waals surface area contributed by atoms with Crippen LogP contribution in [0.4, 0.5) is 5.82 Å². The van der Waals surface area contributed by atoms with Crippen molar-refractivity contribution >= 4 is 35.8 Å². The molecule has 1 unspecified atom stereocenters. The molecule has 174 valence electrons. The zero-order valence-electron chi connectivity index (χ0n) is 19.3. The van der Waals surface area contributed by atoms with Crippen LogP contribution in [0.2, 0.25) is 0 Å². The number of morpholine rings is 1. The van der Waals surface area contributed by atoms with Gasteiger partial charge in [0, 0.05) is 52.5 Å². The van der Waals surface area contributed by atoms with Crippen LogP contribution in [0.3, 0.4) is 0 Å². The number of aryl methyl sites for hydroxylation is 1. The molecular formula is C24H35IN6O. The van der Waals surface area contributed by atoms with Gasteiger partial charge < -0.3 is 24.8 Å². The summed E-state index contributed by atoms with van der Waals surface area (Å²) in [5.41, 5.74) is 3.68. The predicted octanol–water partition coefficient (Wildman–Crippen LogP) is 2.91. The lowest BCUT2D eigenvalue weighted by atomic mass is 10.0. The van der Waals surface area contributed by atoms with Gasteiger partial charge >= 0.3 is 0 Å². The second kappa shape index (κ2) is 11.8. The maximum atomic E-state index is 6.07. The van der Waals surface area contributed by atoms with Crippen molar-refractivity contribution in [2.75, 3.05) is 64.9 Å². The summed E-state index contributed by atoms with van der Waals surface area (Å²) >= 11 is 0. The Bertz CT molecular complexity index is 882. The number of halogens is 1. The highest BCUT2D eigenvalue weighted by molar-refractivity contribution is 14.0. The van der Waals surface area contributed by atoms with Gasteiger partial charge in [-0.15, -0.1) is 24.0 Å². The van der Waals surface area contributed by atoms with Crippen LogP contribution in [0.25, 0.3) is 0 Å². The summed E-state index contributed by atoms with van der Waals surface area (Å²) in [6.45, 7) is 9.42. The Hall–Kier alpha value is -1.91. The van der Waals surface area contributed by atoms with Crippen molar-refractivity contribution in [2.24, 2.45) is 4.99 Å². The number of benzene rings is 1. The molecule has 8 heteroatoms. The lowest BCUT2D eigenvalue weighted by molar-refractivity contribution is -0.00834. The van der Waals surface area contributed by atoms with Crippen molar-refractivity contribution in [1.82, 2.24) is 20.1 Å². The van der Waals surface area contributed by atoms with E-state index in [0.717, 1.165) is 56.6 Å². The standard InChI is InChI=1S/C24H34N6O.HI/c1-19-6-4-5-7-21(19)22-18-30(14-15-31-22)24(25-2)27-17-20-8-9-23(26-16-20)29-12-10-28(3)11-13-29;/h4-9,16,22H,10-15,17-18H2,1-3H3,(H,25,27);1H. The molecular weight excluding hydrogens is 515 g/mol. The van der Waals surface area contributed by atoms with Crippen LogP contribution in [0.5, 0.6) is 0 Å². The molecule has 2 fully saturated rings. The summed E-state index contributed by atoms with van der Waals surface area (Å²) in [6.07, 6.45) is 2.04. The van der Waals surface area contributed by atoms with E-state index in [4.69, 9.17) is 9.72 Å². The van der Waals surface area contributed by atoms with Crippen LogP contribution in [0, 0.1) is 6.92 Å². The van der Waals surface area contributed by atoms with E-state index in [1.54, 1.807) is 0 Å². The minimum atomic E-state index is 0. The third-order valence-corrected chi connectivity index (χ3v) is 6.20. The van der Waals surface area contributed by atoms with E-state index in [2.05, 4.69) is 75.4 Å². The molecule has 1 aromatic carbocycles. The highest BCUT2D eigenvalue weighted by Gasteiger charge is 2.25. The van der Waals surface area contributed by atoms with Gasteiger partial charge in [-0.1, -0.05) is 30.3 Å². The van der Waals surface area contributed by atoms with E-state index in [9.17, 15) is 0 Å². The Morgan fingerprint density at radius 1 is 1.12 bits per heavy atom. The van der Waals surface area contributed by atoms with Gasteiger partial charge in [0.15, 0.2) is 5.96 Å². The third-order valence-electron chi connectivity index (χ3n) is 6.20. The second-order valence-corrected chi connectivity index (χ2v) is 8.38. The zero-order valence-corrected chi connectivity index (χ0v) is 21.7. The molecule has 2 saturated heterocycles. The third kappa shape index (κ3) is 6.11. The first-order valence-corrected chi connectivity index (χ1v) is 11.1. The summed E-state index contributed by atoms with van der Waals surface area (Å²) in [5, 5.41) is 3.51. The van der Waals surface area contributed by atoms with Crippen molar-refractivity contribution in [3.05, 3.63) is 59.3 Å². The fourth-order valence-corrected chi connectivity index (χ4v) is 4.24. The van der Waals surface area contributed by atoms with Gasteiger partial charge in [0.05, 0.1) is 13.2 Å². The average Bonchev–Trinajstić information content (AvgIpc) is 2.81. The summed E-state index contributed by atoms with van der Waals surface area (Å²) < 4.78 is 6.07. The summed E-state index contributed by atoms with van der Waals surface area (Å²) in [7, 11) is 4.01. The largest absolute Gasteiger partial charge is 0.370 e. The van der Waals surface area contributed by atoms with E-state index >= 15 is 0 Å². The Kier molecular flexibility index (Phi) is 9.12. The van der Waals surface area contributed by atoms with E-state index < -0.39 is 0 Å². The Balaban J connectivity index is 0.00000289. The Morgan fingerprint density at radius 3 is 2.59 bits per heavy atom. The lowest BCUT2D eigenvalue weighted by Crippen LogP contribution is -2.48. The lowest BCUT2D eigenvalue weighted by Gasteiger charge is -2.35. The summed E-state index contributed by atoms with van der Waals surface area (Å²) in [5.74, 6) is 1.97. The molecule has 4 rings (SSSR count). The quantitative estimate of drug-likeness (QED) is 0.359. The highest BCUT2D eigenvalue weighted by atomic mass is 127. The van der Waals surface area contributed by atoms with Gasteiger partial charge in [-0.3, -0.25) is 4.99 Å². The zero-order chi connectivity index (χ0) is 21.6. The minimum Gasteiger partial charge on any atom is -0.370 e. The molecule has 1 atom stereocenters. The maximum Gasteiger partial charge on any atom is 0.194 e. The first-order valence-electron chi connectivity index (χ1n) is 11.1. The number of ether oxygens (including phenoxy) is 1. The van der Waals surface area contributed by atoms with E-state index in [1.807, 2.05) is 13.2 Å². The van der Waals surface area contributed by atoms with Crippen LogP contribution in [0.15, 0.2) is 47.6 Å². The van der Waals surface area contributed by atoms with Crippen LogP contribution < -0.4 is 10.2 Å². The van der Waals surface area contributed by atoms with Gasteiger partial charge in [-0.25, -0.2) is 4.98 Å². The normalized spacial score (nSPS) is 20.1. The SMILES string of the molecule is CN=C(NCc1ccc(N2CCN(C)CC2)nc1)N1CCOC(c2ccccc2C)C1.I. The second-order valence-electron chi connectivity index (χ2n) is 8.38. The number of anilines is 1. The van der Waals surface area contributed by atoms with Crippen LogP contribution in [-0.4, -0.2) is 80.7 Å². The number of rotatable bonds is 4. The topological polar surface area (TPSA) is 56.2 Å². The molecule has 2 aromatic rings. The molecule has 1 aromatic heterocycles. The molecule has 0 radical (unpaired) electrons. The van der Waals surface area contributed by atoms with Gasteiger partial charge in [-0.05, 0) is 36.7 Å². The van der Waals surface area contributed by atoms with Crippen LogP contribution in [0.1, 0.15) is 22.8 Å². The predicted molar refractivity (Wildman–Crippen MR) is 141 cm³/mol. The van der Waals surface area contributed by atoms with Crippen molar-refractivity contribution in [3.63, 3.8) is 0 Å². The smallest absolute Gasteiger partial charge is 0.194 e. The van der Waals surface area contributed by atoms with Gasteiger partial charge in [-0.2, -0.15) is 0 Å². The van der Waals surface area contributed by atoms with E-state index in [-0.39, 0.29) is 30.1 Å². The first kappa shape index (κ1) is 24.7. The Morgan fingerprint density at radius 2 is 1.91 bits per heavy atom. The number of likely N-dealkylation sites (N-methyl/N-ethyl adjacent to an activating group) is 1. The fraction of sp³-hybridized carbons (Fsp3) is 0.500. The molecule has 2 aliphatic rings. The van der Waals surface area contributed by atoms with E-state index in [0.29, 0.717) is 13.2 Å². The molecule has 0 amide bonds. The van der Waals surface area contributed by atoms with Crippen LogP contribution >= 0.6 is 24.0 Å². The molecule has 32 heavy (non-hydrogen) atoms. The van der Waals surface area contributed by atoms with E-state index in [1.165, 1.54) is 11.1 Å². The number of nitrogens with zero attached hydrogens (tertiary/aromatic N) is 5. The number of pyridine rings is 1. The van der Waals surface area contributed by atoms with Crippen molar-refractivity contribution < 1.29 is 4.74 Å². The number of hydrogen-bond acceptors (Lipinski definition) is 5. The van der Waals surface area contributed by atoms with Gasteiger partial charge in [0.25, 0.3) is 0 Å². The summed E-state index contributed by atoms with van der Waals surface area (Å²) in [6, 6.07) is 12.8. The number of aliphatic imine (C=N–C) groups is 1. The average molecular weight is 550 g/mol. The maximum absolute atomic E-state index is 6.07. The molecule has 0 aliphatic carbocycles.